The van der Waals surface area contributed by atoms with E-state index in [0.29, 0.717) is 5.92 Å². The molecule has 2 aliphatic rings. The molecule has 2 saturated carbocycles. The monoisotopic (exact) mass is 229 g/mol. The first-order valence-corrected chi connectivity index (χ1v) is 7.00. The summed E-state index contributed by atoms with van der Waals surface area (Å²) >= 11 is 0. The first-order chi connectivity index (χ1) is 8.15. The van der Waals surface area contributed by atoms with Crippen LogP contribution >= 0.6 is 0 Å². The highest BCUT2D eigenvalue weighted by Gasteiger charge is 2.47. The van der Waals surface area contributed by atoms with Crippen LogP contribution in [0.5, 0.6) is 0 Å². The molecule has 2 fully saturated rings. The Hall–Kier alpha value is -0.820. The van der Waals surface area contributed by atoms with Crippen LogP contribution < -0.4 is 5.73 Å². The fraction of sp³-hybridized carbons (Fsp3) is 0.625. The van der Waals surface area contributed by atoms with E-state index in [1.165, 1.54) is 30.4 Å². The second kappa shape index (κ2) is 4.13. The molecule has 92 valence electrons. The lowest BCUT2D eigenvalue weighted by Crippen LogP contribution is -2.20. The Bertz CT molecular complexity index is 382. The topological polar surface area (TPSA) is 26.0 Å². The second-order valence-electron chi connectivity index (χ2n) is 6.33. The molecule has 3 unspecified atom stereocenters. The lowest BCUT2D eigenvalue weighted by molar-refractivity contribution is 0.404. The summed E-state index contributed by atoms with van der Waals surface area (Å²) in [5.41, 5.74) is 9.16. The van der Waals surface area contributed by atoms with Crippen molar-refractivity contribution < 1.29 is 0 Å². The van der Waals surface area contributed by atoms with Gasteiger partial charge in [-0.05, 0) is 54.1 Å². The zero-order valence-corrected chi connectivity index (χ0v) is 10.9. The number of benzene rings is 1. The van der Waals surface area contributed by atoms with Crippen molar-refractivity contribution in [1.29, 1.82) is 0 Å². The summed E-state index contributed by atoms with van der Waals surface area (Å²) in [6, 6.07) is 9.24. The van der Waals surface area contributed by atoms with Gasteiger partial charge < -0.3 is 5.73 Å². The third-order valence-corrected chi connectivity index (χ3v) is 4.78. The van der Waals surface area contributed by atoms with E-state index in [9.17, 15) is 0 Å². The summed E-state index contributed by atoms with van der Waals surface area (Å²) < 4.78 is 0. The van der Waals surface area contributed by atoms with E-state index in [4.69, 9.17) is 5.73 Å². The van der Waals surface area contributed by atoms with E-state index in [2.05, 4.69) is 38.1 Å². The largest absolute Gasteiger partial charge is 0.324 e. The third-order valence-electron chi connectivity index (χ3n) is 4.78. The maximum Gasteiger partial charge on any atom is 0.0323 e. The minimum absolute atomic E-state index is 0.268. The molecule has 3 rings (SSSR count). The molecule has 0 spiro atoms. The number of rotatable bonds is 3. The van der Waals surface area contributed by atoms with Gasteiger partial charge in [-0.2, -0.15) is 0 Å². The zero-order valence-electron chi connectivity index (χ0n) is 10.9. The first-order valence-electron chi connectivity index (χ1n) is 7.00. The van der Waals surface area contributed by atoms with Crippen LogP contribution in [0.2, 0.25) is 0 Å². The highest BCUT2D eigenvalue weighted by Crippen LogP contribution is 2.56. The lowest BCUT2D eigenvalue weighted by atomic mass is 9.89. The SMILES string of the molecule is CC(C)c1ccc(C(N)C2CC3CC3C2)cc1. The number of hydrogen-bond acceptors (Lipinski definition) is 1. The quantitative estimate of drug-likeness (QED) is 0.837. The highest BCUT2D eigenvalue weighted by molar-refractivity contribution is 5.27. The summed E-state index contributed by atoms with van der Waals surface area (Å²) in [5.74, 6) is 3.41. The standard InChI is InChI=1S/C16H23N/c1-10(2)11-3-5-12(6-4-11)16(17)15-8-13-7-14(13)9-15/h3-6,10,13-16H,7-9,17H2,1-2H3. The molecule has 17 heavy (non-hydrogen) atoms. The summed E-state index contributed by atoms with van der Waals surface area (Å²) in [7, 11) is 0. The van der Waals surface area contributed by atoms with E-state index in [1.54, 1.807) is 0 Å². The van der Waals surface area contributed by atoms with E-state index in [-0.39, 0.29) is 6.04 Å². The predicted octanol–water partition coefficient (Wildman–Crippen LogP) is 3.86. The van der Waals surface area contributed by atoms with Crippen molar-refractivity contribution >= 4 is 0 Å². The maximum atomic E-state index is 6.41. The smallest absolute Gasteiger partial charge is 0.0323 e. The molecule has 0 bridgehead atoms. The van der Waals surface area contributed by atoms with Crippen LogP contribution in [0.4, 0.5) is 0 Å². The first kappa shape index (κ1) is 11.3. The molecule has 0 aliphatic heterocycles. The molecular formula is C16H23N. The minimum atomic E-state index is 0.268. The lowest BCUT2D eigenvalue weighted by Gasteiger charge is -2.21. The number of nitrogens with two attached hydrogens (primary N) is 1. The second-order valence-corrected chi connectivity index (χ2v) is 6.33. The van der Waals surface area contributed by atoms with Crippen LogP contribution in [0.1, 0.15) is 56.2 Å². The summed E-state index contributed by atoms with van der Waals surface area (Å²) in [6.45, 7) is 4.47. The average Bonchev–Trinajstić information content (AvgIpc) is 2.95. The highest BCUT2D eigenvalue weighted by atomic mass is 14.7. The van der Waals surface area contributed by atoms with Crippen molar-refractivity contribution in [1.82, 2.24) is 0 Å². The third kappa shape index (κ3) is 2.13. The maximum absolute atomic E-state index is 6.41. The summed E-state index contributed by atoms with van der Waals surface area (Å²) in [5, 5.41) is 0. The fourth-order valence-corrected chi connectivity index (χ4v) is 3.43. The Labute approximate surface area is 104 Å². The van der Waals surface area contributed by atoms with E-state index in [1.807, 2.05) is 0 Å². The predicted molar refractivity (Wildman–Crippen MR) is 71.8 cm³/mol. The van der Waals surface area contributed by atoms with Gasteiger partial charge in [0.15, 0.2) is 0 Å². The molecule has 1 aromatic rings. The normalized spacial score (nSPS) is 32.6. The minimum Gasteiger partial charge on any atom is -0.324 e. The van der Waals surface area contributed by atoms with Crippen LogP contribution in [-0.2, 0) is 0 Å². The molecule has 0 saturated heterocycles. The molecule has 2 N–H and O–H groups in total. The fourth-order valence-electron chi connectivity index (χ4n) is 3.43. The van der Waals surface area contributed by atoms with Gasteiger partial charge >= 0.3 is 0 Å². The van der Waals surface area contributed by atoms with Crippen molar-refractivity contribution in [3.63, 3.8) is 0 Å². The van der Waals surface area contributed by atoms with E-state index in [0.717, 1.165) is 17.8 Å². The van der Waals surface area contributed by atoms with E-state index < -0.39 is 0 Å². The Balaban J connectivity index is 1.70. The Morgan fingerprint density at radius 3 is 2.00 bits per heavy atom. The summed E-state index contributed by atoms with van der Waals surface area (Å²) in [6.07, 6.45) is 4.23. The average molecular weight is 229 g/mol. The van der Waals surface area contributed by atoms with Gasteiger partial charge in [-0.1, -0.05) is 38.1 Å². The number of hydrogen-bond donors (Lipinski definition) is 1. The Morgan fingerprint density at radius 1 is 0.941 bits per heavy atom. The molecule has 0 amide bonds. The van der Waals surface area contributed by atoms with Gasteiger partial charge in [-0.3, -0.25) is 0 Å². The van der Waals surface area contributed by atoms with Crippen molar-refractivity contribution in [3.05, 3.63) is 35.4 Å². The van der Waals surface area contributed by atoms with Crippen molar-refractivity contribution in [2.24, 2.45) is 23.5 Å². The van der Waals surface area contributed by atoms with E-state index >= 15 is 0 Å². The molecule has 1 nitrogen and oxygen atoms in total. The van der Waals surface area contributed by atoms with Gasteiger partial charge in [0, 0.05) is 6.04 Å². The number of fused-ring (bicyclic) bond motifs is 1. The molecule has 1 aromatic carbocycles. The molecule has 2 aliphatic carbocycles. The Kier molecular flexibility index (Phi) is 2.74. The van der Waals surface area contributed by atoms with Gasteiger partial charge in [0.1, 0.15) is 0 Å². The van der Waals surface area contributed by atoms with Crippen LogP contribution in [0.25, 0.3) is 0 Å². The molecule has 1 heteroatoms. The van der Waals surface area contributed by atoms with Gasteiger partial charge in [-0.15, -0.1) is 0 Å². The Morgan fingerprint density at radius 2 is 1.47 bits per heavy atom. The van der Waals surface area contributed by atoms with Crippen LogP contribution in [0, 0.1) is 17.8 Å². The van der Waals surface area contributed by atoms with Crippen molar-refractivity contribution in [2.45, 2.75) is 45.1 Å². The summed E-state index contributed by atoms with van der Waals surface area (Å²) in [4.78, 5) is 0. The van der Waals surface area contributed by atoms with Gasteiger partial charge in [0.2, 0.25) is 0 Å². The van der Waals surface area contributed by atoms with Gasteiger partial charge in [0.25, 0.3) is 0 Å². The van der Waals surface area contributed by atoms with Crippen LogP contribution in [-0.4, -0.2) is 0 Å². The van der Waals surface area contributed by atoms with Gasteiger partial charge in [-0.25, -0.2) is 0 Å². The van der Waals surface area contributed by atoms with Crippen molar-refractivity contribution in [3.8, 4) is 0 Å². The molecule has 0 aromatic heterocycles. The molecule has 0 radical (unpaired) electrons. The van der Waals surface area contributed by atoms with Gasteiger partial charge in [0.05, 0.1) is 0 Å². The van der Waals surface area contributed by atoms with Crippen LogP contribution in [0.3, 0.4) is 0 Å². The zero-order chi connectivity index (χ0) is 12.0. The van der Waals surface area contributed by atoms with Crippen LogP contribution in [0.15, 0.2) is 24.3 Å². The molecule has 0 heterocycles. The molecule has 3 atom stereocenters. The van der Waals surface area contributed by atoms with Crippen molar-refractivity contribution in [2.75, 3.05) is 0 Å². The molecular weight excluding hydrogens is 206 g/mol.